The summed E-state index contributed by atoms with van der Waals surface area (Å²) < 4.78 is 4.69. The Morgan fingerprint density at radius 3 is 2.70 bits per heavy atom. The van der Waals surface area contributed by atoms with Gasteiger partial charge in [0, 0.05) is 5.75 Å². The van der Waals surface area contributed by atoms with Crippen LogP contribution in [0.5, 0.6) is 0 Å². The van der Waals surface area contributed by atoms with Crippen molar-refractivity contribution in [3.05, 3.63) is 11.3 Å². The standard InChI is InChI=1S/C11H12Cl2N2O4S/c1-4-3-20-10-5(14-8(16)7(12)13)9(17)15(10)6(4)11(18)19-2/h5,7,10H,3H2,1-2H3,(H,14,16)/t5-,10-/m1/s1. The third-order valence-corrected chi connectivity index (χ3v) is 4.85. The smallest absolute Gasteiger partial charge is 0.354 e. The minimum Gasteiger partial charge on any atom is -0.464 e. The maximum atomic E-state index is 12.1. The molecule has 0 unspecified atom stereocenters. The van der Waals surface area contributed by atoms with E-state index >= 15 is 0 Å². The van der Waals surface area contributed by atoms with Gasteiger partial charge in [0.05, 0.1) is 7.11 Å². The summed E-state index contributed by atoms with van der Waals surface area (Å²) in [5, 5.41) is 2.13. The normalized spacial score (nSPS) is 25.2. The SMILES string of the molecule is COC(=O)C1=C(C)CS[C@@H]2[C@H](NC(=O)C(Cl)Cl)C(=O)N12. The molecule has 6 nitrogen and oxygen atoms in total. The number of fused-ring (bicyclic) bond motifs is 1. The first-order chi connectivity index (χ1) is 9.38. The van der Waals surface area contributed by atoms with Gasteiger partial charge in [-0.05, 0) is 12.5 Å². The van der Waals surface area contributed by atoms with Crippen molar-refractivity contribution in [2.75, 3.05) is 12.9 Å². The number of methoxy groups -OCH3 is 1. The van der Waals surface area contributed by atoms with Gasteiger partial charge in [-0.15, -0.1) is 11.8 Å². The molecule has 0 aromatic carbocycles. The molecule has 2 atom stereocenters. The van der Waals surface area contributed by atoms with Crippen LogP contribution in [0.25, 0.3) is 0 Å². The quantitative estimate of drug-likeness (QED) is 0.464. The Kier molecular flexibility index (Phi) is 4.51. The Bertz CT molecular complexity index is 509. The average molecular weight is 339 g/mol. The number of ether oxygens (including phenoxy) is 1. The zero-order valence-corrected chi connectivity index (χ0v) is 13.0. The van der Waals surface area contributed by atoms with Crippen LogP contribution in [0, 0.1) is 0 Å². The lowest BCUT2D eigenvalue weighted by atomic mass is 10.0. The van der Waals surface area contributed by atoms with Crippen molar-refractivity contribution in [1.29, 1.82) is 0 Å². The van der Waals surface area contributed by atoms with Crippen molar-refractivity contribution in [2.45, 2.75) is 23.2 Å². The number of alkyl halides is 2. The predicted octanol–water partition coefficient (Wildman–Crippen LogP) is 0.637. The number of nitrogens with zero attached hydrogens (tertiary/aromatic N) is 1. The Balaban J connectivity index is 2.17. The summed E-state index contributed by atoms with van der Waals surface area (Å²) in [7, 11) is 1.26. The van der Waals surface area contributed by atoms with Crippen LogP contribution in [0.1, 0.15) is 6.92 Å². The van der Waals surface area contributed by atoms with E-state index in [2.05, 4.69) is 10.1 Å². The average Bonchev–Trinajstić information content (AvgIpc) is 2.43. The number of hydrogen-bond donors (Lipinski definition) is 1. The Morgan fingerprint density at radius 1 is 1.50 bits per heavy atom. The van der Waals surface area contributed by atoms with Crippen LogP contribution in [0.3, 0.4) is 0 Å². The van der Waals surface area contributed by atoms with E-state index < -0.39 is 22.8 Å². The molecule has 2 rings (SSSR count). The summed E-state index contributed by atoms with van der Waals surface area (Å²) in [6.07, 6.45) is 0. The van der Waals surface area contributed by atoms with Crippen molar-refractivity contribution in [2.24, 2.45) is 0 Å². The van der Waals surface area contributed by atoms with Gasteiger partial charge in [-0.2, -0.15) is 0 Å². The van der Waals surface area contributed by atoms with E-state index in [1.807, 2.05) is 0 Å². The molecule has 2 aliphatic rings. The van der Waals surface area contributed by atoms with Crippen LogP contribution >= 0.6 is 35.0 Å². The summed E-state index contributed by atoms with van der Waals surface area (Å²) >= 11 is 12.3. The minimum atomic E-state index is -1.23. The molecule has 0 saturated carbocycles. The second-order valence-corrected chi connectivity index (χ2v) is 6.52. The Labute approximate surface area is 129 Å². The first-order valence-corrected chi connectivity index (χ1v) is 7.62. The number of hydrogen-bond acceptors (Lipinski definition) is 5. The highest BCUT2D eigenvalue weighted by molar-refractivity contribution is 8.00. The summed E-state index contributed by atoms with van der Waals surface area (Å²) in [5.41, 5.74) is 1.02. The molecule has 0 radical (unpaired) electrons. The van der Waals surface area contributed by atoms with Gasteiger partial charge in [-0.25, -0.2) is 4.79 Å². The Morgan fingerprint density at radius 2 is 2.15 bits per heavy atom. The van der Waals surface area contributed by atoms with Crippen molar-refractivity contribution in [3.8, 4) is 0 Å². The number of nitrogens with one attached hydrogen (secondary N) is 1. The Hall–Kier alpha value is -0.920. The lowest BCUT2D eigenvalue weighted by Gasteiger charge is -2.49. The van der Waals surface area contributed by atoms with Gasteiger partial charge in [-0.3, -0.25) is 14.5 Å². The van der Waals surface area contributed by atoms with E-state index in [-0.39, 0.29) is 17.0 Å². The van der Waals surface area contributed by atoms with E-state index in [1.165, 1.54) is 23.8 Å². The maximum absolute atomic E-state index is 12.1. The molecular formula is C11H12Cl2N2O4S. The molecule has 2 aliphatic heterocycles. The summed E-state index contributed by atoms with van der Waals surface area (Å²) in [4.78, 5) is 35.4. The number of rotatable bonds is 3. The van der Waals surface area contributed by atoms with Gasteiger partial charge in [0.25, 0.3) is 11.8 Å². The van der Waals surface area contributed by atoms with Crippen LogP contribution in [-0.4, -0.2) is 51.8 Å². The summed E-state index contributed by atoms with van der Waals surface area (Å²) in [6, 6.07) is -0.722. The van der Waals surface area contributed by atoms with E-state index in [4.69, 9.17) is 23.2 Å². The first-order valence-electron chi connectivity index (χ1n) is 5.69. The molecule has 2 heterocycles. The molecule has 9 heteroatoms. The van der Waals surface area contributed by atoms with E-state index in [9.17, 15) is 14.4 Å². The number of β-lactam (4-membered cyclic amide) rings is 1. The van der Waals surface area contributed by atoms with Gasteiger partial charge in [0.2, 0.25) is 0 Å². The van der Waals surface area contributed by atoms with Crippen LogP contribution in [0.4, 0.5) is 0 Å². The fraction of sp³-hybridized carbons (Fsp3) is 0.545. The predicted molar refractivity (Wildman–Crippen MR) is 75.2 cm³/mol. The number of amides is 2. The fourth-order valence-electron chi connectivity index (χ4n) is 2.08. The molecule has 0 aliphatic carbocycles. The van der Waals surface area contributed by atoms with Gasteiger partial charge in [0.1, 0.15) is 17.1 Å². The first kappa shape index (κ1) is 15.5. The topological polar surface area (TPSA) is 75.7 Å². The lowest BCUT2D eigenvalue weighted by molar-refractivity contribution is -0.151. The highest BCUT2D eigenvalue weighted by atomic mass is 35.5. The van der Waals surface area contributed by atoms with Gasteiger partial charge < -0.3 is 10.1 Å². The summed E-state index contributed by atoms with van der Waals surface area (Å²) in [6.45, 7) is 1.77. The van der Waals surface area contributed by atoms with Crippen molar-refractivity contribution in [1.82, 2.24) is 10.2 Å². The van der Waals surface area contributed by atoms with E-state index in [0.717, 1.165) is 5.57 Å². The molecule has 0 aromatic rings. The molecule has 20 heavy (non-hydrogen) atoms. The second-order valence-electron chi connectivity index (χ2n) is 4.32. The molecule has 2 amide bonds. The third kappa shape index (κ3) is 2.49. The number of carbonyl (C=O) groups is 3. The zero-order valence-electron chi connectivity index (χ0n) is 10.7. The van der Waals surface area contributed by atoms with Crippen LogP contribution in [0.15, 0.2) is 11.3 Å². The second kappa shape index (κ2) is 5.83. The van der Waals surface area contributed by atoms with Crippen LogP contribution < -0.4 is 5.32 Å². The summed E-state index contributed by atoms with van der Waals surface area (Å²) in [5.74, 6) is -0.975. The van der Waals surface area contributed by atoms with Crippen molar-refractivity contribution >= 4 is 52.7 Å². The highest BCUT2D eigenvalue weighted by Gasteiger charge is 2.54. The largest absolute Gasteiger partial charge is 0.464 e. The number of thioether (sulfide) groups is 1. The molecular weight excluding hydrogens is 327 g/mol. The van der Waals surface area contributed by atoms with Crippen LogP contribution in [0.2, 0.25) is 0 Å². The fourth-order valence-corrected chi connectivity index (χ4v) is 3.49. The highest BCUT2D eigenvalue weighted by Crippen LogP contribution is 2.40. The van der Waals surface area contributed by atoms with Crippen molar-refractivity contribution in [3.63, 3.8) is 0 Å². The third-order valence-electron chi connectivity index (χ3n) is 3.03. The van der Waals surface area contributed by atoms with Crippen molar-refractivity contribution < 1.29 is 19.1 Å². The minimum absolute atomic E-state index is 0.250. The molecule has 0 bridgehead atoms. The zero-order chi connectivity index (χ0) is 15.0. The van der Waals surface area contributed by atoms with Gasteiger partial charge in [0.15, 0.2) is 4.84 Å². The van der Waals surface area contributed by atoms with E-state index in [1.54, 1.807) is 6.92 Å². The number of halogens is 2. The molecule has 1 N–H and O–H groups in total. The van der Waals surface area contributed by atoms with Crippen LogP contribution in [-0.2, 0) is 19.1 Å². The molecule has 0 spiro atoms. The molecule has 0 aromatic heterocycles. The number of esters is 1. The molecule has 110 valence electrons. The van der Waals surface area contributed by atoms with E-state index in [0.29, 0.717) is 5.75 Å². The lowest BCUT2D eigenvalue weighted by Crippen LogP contribution is -2.70. The molecule has 1 saturated heterocycles. The van der Waals surface area contributed by atoms with Gasteiger partial charge in [-0.1, -0.05) is 23.2 Å². The maximum Gasteiger partial charge on any atom is 0.354 e. The molecule has 1 fully saturated rings. The number of carbonyl (C=O) groups excluding carboxylic acids is 3. The van der Waals surface area contributed by atoms with Gasteiger partial charge >= 0.3 is 5.97 Å². The monoisotopic (exact) mass is 338 g/mol.